The number of carbonyl (C=O) groups excluding carboxylic acids is 4. The number of amides is 2. The van der Waals surface area contributed by atoms with Crippen molar-refractivity contribution in [2.75, 3.05) is 47.7 Å². The Morgan fingerprint density at radius 1 is 1.18 bits per heavy atom. The maximum atomic E-state index is 13.6. The van der Waals surface area contributed by atoms with Gasteiger partial charge in [0.1, 0.15) is 12.4 Å². The number of hydrogen-bond donors (Lipinski definition) is 4. The van der Waals surface area contributed by atoms with Crippen LogP contribution in [0.5, 0.6) is 0 Å². The molecule has 0 aliphatic carbocycles. The van der Waals surface area contributed by atoms with Gasteiger partial charge in [0.05, 0.1) is 41.4 Å². The number of β-lactam (4-membered cyclic amide) rings is 1. The molecule has 3 saturated heterocycles. The number of likely N-dealkylation sites (tertiary alicyclic amines) is 2. The fraction of sp³-hybridized carbons (Fsp3) is 0.594. The minimum atomic E-state index is -1.01. The number of fused-ring (bicyclic) bond motifs is 1. The second-order valence-electron chi connectivity index (χ2n) is 12.8. The molecule has 2 amide bonds. The minimum absolute atomic E-state index is 0.0318. The van der Waals surface area contributed by atoms with Crippen LogP contribution in [0, 0.1) is 22.0 Å². The van der Waals surface area contributed by atoms with Crippen molar-refractivity contribution in [3.8, 4) is 0 Å². The number of rotatable bonds is 12. The van der Waals surface area contributed by atoms with E-state index in [4.69, 9.17) is 9.47 Å². The lowest BCUT2D eigenvalue weighted by molar-refractivity contribution is -0.384. The number of nitro benzene ring substituents is 1. The highest BCUT2D eigenvalue weighted by molar-refractivity contribution is 8.03. The monoisotopic (exact) mass is 716 g/mol. The first-order valence-electron chi connectivity index (χ1n) is 16.5. The van der Waals surface area contributed by atoms with Crippen molar-refractivity contribution in [2.45, 2.75) is 62.7 Å². The molecule has 7 atom stereocenters. The predicted octanol–water partition coefficient (Wildman–Crippen LogP) is 0.418. The number of aliphatic hydroxyl groups excluding tert-OH is 1. The van der Waals surface area contributed by atoms with E-state index in [0.29, 0.717) is 49.9 Å². The van der Waals surface area contributed by atoms with Gasteiger partial charge in [0, 0.05) is 67.9 Å². The summed E-state index contributed by atoms with van der Waals surface area (Å²) in [5.41, 5.74) is -0.316. The highest BCUT2D eigenvalue weighted by Crippen LogP contribution is 2.52. The molecule has 0 unspecified atom stereocenters. The van der Waals surface area contributed by atoms with Gasteiger partial charge in [-0.3, -0.25) is 34.9 Å². The summed E-state index contributed by atoms with van der Waals surface area (Å²) in [5, 5.41) is 30.6. The number of aliphatic hydroxyl groups is 1. The number of aliphatic imine (C=N–C) groups is 1. The highest BCUT2D eigenvalue weighted by atomic mass is 32.2. The largest absolute Gasteiger partial charge is 0.393 e. The lowest BCUT2D eigenvalue weighted by Crippen LogP contribution is -2.63. The Labute approximate surface area is 293 Å². The molecule has 3 fully saturated rings. The molecule has 4 aliphatic rings. The van der Waals surface area contributed by atoms with E-state index in [1.807, 2.05) is 18.9 Å². The molecule has 0 bridgehead atoms. The molecule has 5 rings (SSSR count). The van der Waals surface area contributed by atoms with Gasteiger partial charge < -0.3 is 35.0 Å². The Hall–Kier alpha value is -4.10. The molecule has 50 heavy (non-hydrogen) atoms. The van der Waals surface area contributed by atoms with Crippen molar-refractivity contribution in [2.24, 2.45) is 16.8 Å². The van der Waals surface area contributed by atoms with Gasteiger partial charge in [0.25, 0.3) is 5.69 Å². The number of guanidine groups is 1. The predicted molar refractivity (Wildman–Crippen MR) is 182 cm³/mol. The van der Waals surface area contributed by atoms with Gasteiger partial charge >= 0.3 is 11.9 Å². The van der Waals surface area contributed by atoms with Gasteiger partial charge in [-0.05, 0) is 38.9 Å². The molecule has 0 radical (unpaired) electrons. The molecule has 1 aromatic carbocycles. The number of nitrogens with zero attached hydrogens (tertiary/aromatic N) is 5. The SMILES string of the molecule is CN=C(NC)NCOCN[C@H]1CCC(=O)N([C@@H]2C[C@H](SC3=C(C(=O)OC(=O)c4ccc([N+](=O)[O-])cc4)N4C(=O)[C@H]([C@@H](C)O)[C@H]4[C@H]3C)CN2C)C1. The molecule has 0 saturated carbocycles. The molecule has 272 valence electrons. The van der Waals surface area contributed by atoms with Crippen LogP contribution in [0.25, 0.3) is 0 Å². The number of carbonyl (C=O) groups is 4. The summed E-state index contributed by atoms with van der Waals surface area (Å²) >= 11 is 1.43. The van der Waals surface area contributed by atoms with Crippen LogP contribution in [0.15, 0.2) is 39.9 Å². The zero-order valence-electron chi connectivity index (χ0n) is 28.7. The van der Waals surface area contributed by atoms with Gasteiger partial charge in [-0.25, -0.2) is 9.59 Å². The maximum absolute atomic E-state index is 13.6. The molecule has 1 aromatic rings. The van der Waals surface area contributed by atoms with Gasteiger partial charge in [-0.1, -0.05) is 6.92 Å². The highest BCUT2D eigenvalue weighted by Gasteiger charge is 2.60. The van der Waals surface area contributed by atoms with E-state index in [0.717, 1.165) is 12.1 Å². The van der Waals surface area contributed by atoms with E-state index in [1.165, 1.54) is 35.7 Å². The fourth-order valence-electron chi connectivity index (χ4n) is 7.10. The Morgan fingerprint density at radius 3 is 2.54 bits per heavy atom. The third kappa shape index (κ3) is 7.63. The summed E-state index contributed by atoms with van der Waals surface area (Å²) in [6, 6.07) is 4.21. The number of benzene rings is 1. The van der Waals surface area contributed by atoms with E-state index < -0.39 is 40.8 Å². The Kier molecular flexibility index (Phi) is 11.8. The molecule has 17 nitrogen and oxygen atoms in total. The Balaban J connectivity index is 1.27. The lowest BCUT2D eigenvalue weighted by atomic mass is 9.79. The van der Waals surface area contributed by atoms with E-state index in [1.54, 1.807) is 14.1 Å². The summed E-state index contributed by atoms with van der Waals surface area (Å²) in [5.74, 6) is -2.82. The number of nitro groups is 1. The fourth-order valence-corrected chi connectivity index (χ4v) is 8.68. The molecular weight excluding hydrogens is 672 g/mol. The third-order valence-corrected chi connectivity index (χ3v) is 11.1. The molecule has 18 heteroatoms. The maximum Gasteiger partial charge on any atom is 0.363 e. The topological polar surface area (TPSA) is 208 Å². The molecule has 0 aromatic heterocycles. The van der Waals surface area contributed by atoms with Crippen molar-refractivity contribution >= 4 is 47.2 Å². The van der Waals surface area contributed by atoms with Crippen molar-refractivity contribution in [1.29, 1.82) is 0 Å². The smallest absolute Gasteiger partial charge is 0.363 e. The second kappa shape index (κ2) is 15.8. The first kappa shape index (κ1) is 37.2. The van der Waals surface area contributed by atoms with Crippen LogP contribution in [0.3, 0.4) is 0 Å². The number of thioether (sulfide) groups is 1. The molecular formula is C32H44N8O9S. The first-order chi connectivity index (χ1) is 23.9. The van der Waals surface area contributed by atoms with Crippen LogP contribution in [0.4, 0.5) is 5.69 Å². The quantitative estimate of drug-likeness (QED) is 0.0266. The van der Waals surface area contributed by atoms with Crippen molar-refractivity contribution < 1.29 is 38.7 Å². The third-order valence-electron chi connectivity index (χ3n) is 9.65. The van der Waals surface area contributed by atoms with E-state index >= 15 is 0 Å². The number of esters is 2. The van der Waals surface area contributed by atoms with Crippen LogP contribution < -0.4 is 16.0 Å². The van der Waals surface area contributed by atoms with Gasteiger partial charge in [0.2, 0.25) is 11.8 Å². The number of non-ortho nitro benzene ring substituents is 1. The molecule has 0 spiro atoms. The van der Waals surface area contributed by atoms with Crippen molar-refractivity contribution in [3.05, 3.63) is 50.5 Å². The van der Waals surface area contributed by atoms with Crippen molar-refractivity contribution in [1.82, 2.24) is 30.7 Å². The van der Waals surface area contributed by atoms with Crippen molar-refractivity contribution in [3.63, 3.8) is 0 Å². The normalized spacial score (nSPS) is 27.6. The number of piperidine rings is 1. The average molecular weight is 717 g/mol. The summed E-state index contributed by atoms with van der Waals surface area (Å²) in [7, 11) is 5.37. The summed E-state index contributed by atoms with van der Waals surface area (Å²) in [6.45, 7) is 5.07. The molecule has 4 N–H and O–H groups in total. The Morgan fingerprint density at radius 2 is 1.90 bits per heavy atom. The summed E-state index contributed by atoms with van der Waals surface area (Å²) in [6.07, 6.45) is 0.544. The van der Waals surface area contributed by atoms with Crippen LogP contribution in [0.2, 0.25) is 0 Å². The van der Waals surface area contributed by atoms with E-state index in [2.05, 4.69) is 25.8 Å². The van der Waals surface area contributed by atoms with Crippen LogP contribution in [0.1, 0.15) is 43.5 Å². The number of ether oxygens (including phenoxy) is 2. The molecule has 4 aliphatic heterocycles. The van der Waals surface area contributed by atoms with Crippen LogP contribution in [-0.2, 0) is 23.9 Å². The van der Waals surface area contributed by atoms with E-state index in [-0.39, 0.29) is 53.0 Å². The zero-order chi connectivity index (χ0) is 36.3. The summed E-state index contributed by atoms with van der Waals surface area (Å²) in [4.78, 5) is 73.2. The van der Waals surface area contributed by atoms with Gasteiger partial charge in [-0.2, -0.15) is 0 Å². The van der Waals surface area contributed by atoms with Crippen LogP contribution >= 0.6 is 11.8 Å². The minimum Gasteiger partial charge on any atom is -0.393 e. The number of hydrogen-bond acceptors (Lipinski definition) is 13. The molecule has 4 heterocycles. The first-order valence-corrected chi connectivity index (χ1v) is 17.4. The lowest BCUT2D eigenvalue weighted by Gasteiger charge is -2.46. The van der Waals surface area contributed by atoms with Gasteiger partial charge in [0.15, 0.2) is 5.96 Å². The summed E-state index contributed by atoms with van der Waals surface area (Å²) < 4.78 is 10.9. The standard InChI is InChI=1S/C32H44N8O9S/c1-17-26-25(18(2)41)29(43)39(26)27(31(45)49-30(44)19-6-9-21(10-7-19)40(46)47)28(17)50-22-12-23(37(5)14-22)38-13-20(8-11-24(38)42)35-15-48-16-36-32(33-3)34-4/h6-7,9-10,17-18,20,22-23,25-26,35,41H,8,11-16H2,1-5H3,(H2,33,34,36)/t17-,18-,20+,22+,23-,25-,26-/m1/s1. The zero-order valence-corrected chi connectivity index (χ0v) is 29.5. The second-order valence-corrected chi connectivity index (χ2v) is 14.2. The number of nitrogens with one attached hydrogen (secondary N) is 3. The van der Waals surface area contributed by atoms with E-state index in [9.17, 15) is 34.4 Å². The van der Waals surface area contributed by atoms with Crippen LogP contribution in [-0.4, -0.2) is 132 Å². The van der Waals surface area contributed by atoms with Gasteiger partial charge in [-0.15, -0.1) is 11.8 Å². The average Bonchev–Trinajstić information content (AvgIpc) is 3.56. The Bertz CT molecular complexity index is 1550.